The smallest absolute Gasteiger partial charge is 0.227 e. The van der Waals surface area contributed by atoms with Crippen molar-refractivity contribution in [3.63, 3.8) is 0 Å². The Bertz CT molecular complexity index is 650. The molecule has 1 aromatic rings. The van der Waals surface area contributed by atoms with Gasteiger partial charge in [0, 0.05) is 38.1 Å². The van der Waals surface area contributed by atoms with Gasteiger partial charge in [0.1, 0.15) is 0 Å². The van der Waals surface area contributed by atoms with Crippen molar-refractivity contribution in [1.82, 2.24) is 15.1 Å². The van der Waals surface area contributed by atoms with Gasteiger partial charge in [-0.05, 0) is 25.1 Å². The maximum Gasteiger partial charge on any atom is 0.227 e. The molecule has 140 valence electrons. The van der Waals surface area contributed by atoms with Crippen LogP contribution in [0.15, 0.2) is 6.20 Å². The fraction of sp³-hybridized carbons (Fsp3) is 0.778. The SMILES string of the molecule is C[C@H]1Cn2ncc(N3CC(CO[Si](C)(C)C(C)(C)C)CC3=O)c2CN1. The van der Waals surface area contributed by atoms with Crippen molar-refractivity contribution >= 4 is 19.9 Å². The molecule has 7 heteroatoms. The quantitative estimate of drug-likeness (QED) is 0.835. The van der Waals surface area contributed by atoms with Gasteiger partial charge in [-0.25, -0.2) is 0 Å². The normalized spacial score (nSPS) is 24.7. The number of rotatable bonds is 4. The van der Waals surface area contributed by atoms with E-state index in [1.54, 1.807) is 0 Å². The number of hydrogen-bond acceptors (Lipinski definition) is 4. The Hall–Kier alpha value is -1.18. The van der Waals surface area contributed by atoms with E-state index in [9.17, 15) is 4.79 Å². The van der Waals surface area contributed by atoms with E-state index in [0.29, 0.717) is 19.1 Å². The number of amides is 1. The molecule has 2 aliphatic heterocycles. The topological polar surface area (TPSA) is 59.4 Å². The van der Waals surface area contributed by atoms with Crippen LogP contribution in [0.4, 0.5) is 5.69 Å². The van der Waals surface area contributed by atoms with Gasteiger partial charge >= 0.3 is 0 Å². The highest BCUT2D eigenvalue weighted by Gasteiger charge is 2.40. The van der Waals surface area contributed by atoms with E-state index < -0.39 is 8.32 Å². The van der Waals surface area contributed by atoms with Gasteiger partial charge in [0.25, 0.3) is 0 Å². The second-order valence-corrected chi connectivity index (χ2v) is 13.9. The zero-order valence-corrected chi connectivity index (χ0v) is 17.4. The Balaban J connectivity index is 1.66. The fourth-order valence-corrected chi connectivity index (χ4v) is 4.31. The van der Waals surface area contributed by atoms with Crippen LogP contribution in [0, 0.1) is 5.92 Å². The van der Waals surface area contributed by atoms with Crippen LogP contribution >= 0.6 is 0 Å². The minimum Gasteiger partial charge on any atom is -0.416 e. The van der Waals surface area contributed by atoms with Crippen LogP contribution in [0.1, 0.15) is 39.8 Å². The third-order valence-electron chi connectivity index (χ3n) is 5.97. The molecule has 0 saturated carbocycles. The second-order valence-electron chi connectivity index (χ2n) is 9.09. The van der Waals surface area contributed by atoms with Crippen LogP contribution in [-0.4, -0.2) is 43.2 Å². The number of carbonyl (C=O) groups excluding carboxylic acids is 1. The maximum absolute atomic E-state index is 12.6. The van der Waals surface area contributed by atoms with Crippen molar-refractivity contribution in [3.8, 4) is 0 Å². The average molecular weight is 365 g/mol. The molecule has 0 aliphatic carbocycles. The standard InChI is InChI=1S/C18H32N4O2Si/c1-13-10-22-16(8-19-13)15(9-20-22)21-11-14(7-17(21)23)12-24-25(5,6)18(2,3)4/h9,13-14,19H,7-8,10-12H2,1-6H3/t13-,14?/m0/s1. The number of anilines is 1. The van der Waals surface area contributed by atoms with Crippen LogP contribution in [-0.2, 0) is 22.3 Å². The molecule has 3 rings (SSSR count). The summed E-state index contributed by atoms with van der Waals surface area (Å²) in [6, 6.07) is 0.417. The first-order valence-corrected chi connectivity index (χ1v) is 12.2. The van der Waals surface area contributed by atoms with Gasteiger partial charge in [0.05, 0.1) is 24.1 Å². The first kappa shape index (κ1) is 18.6. The summed E-state index contributed by atoms with van der Waals surface area (Å²) < 4.78 is 8.38. The summed E-state index contributed by atoms with van der Waals surface area (Å²) in [6.45, 7) is 16.5. The molecule has 1 N–H and O–H groups in total. The monoisotopic (exact) mass is 364 g/mol. The summed E-state index contributed by atoms with van der Waals surface area (Å²) in [5.41, 5.74) is 2.09. The minimum atomic E-state index is -1.77. The Morgan fingerprint density at radius 1 is 1.36 bits per heavy atom. The number of hydrogen-bond donors (Lipinski definition) is 1. The van der Waals surface area contributed by atoms with Crippen LogP contribution < -0.4 is 10.2 Å². The molecule has 0 aromatic carbocycles. The highest BCUT2D eigenvalue weighted by molar-refractivity contribution is 6.74. The van der Waals surface area contributed by atoms with E-state index in [4.69, 9.17) is 4.43 Å². The molecule has 0 bridgehead atoms. The summed E-state index contributed by atoms with van der Waals surface area (Å²) >= 11 is 0. The lowest BCUT2D eigenvalue weighted by molar-refractivity contribution is -0.117. The second kappa shape index (κ2) is 6.52. The lowest BCUT2D eigenvalue weighted by Gasteiger charge is -2.36. The molecule has 6 nitrogen and oxygen atoms in total. The fourth-order valence-electron chi connectivity index (χ4n) is 3.23. The summed E-state index contributed by atoms with van der Waals surface area (Å²) in [5, 5.41) is 8.14. The number of carbonyl (C=O) groups is 1. The number of nitrogens with one attached hydrogen (secondary N) is 1. The largest absolute Gasteiger partial charge is 0.416 e. The van der Waals surface area contributed by atoms with Crippen LogP contribution in [0.5, 0.6) is 0 Å². The van der Waals surface area contributed by atoms with Crippen LogP contribution in [0.3, 0.4) is 0 Å². The summed E-state index contributed by atoms with van der Waals surface area (Å²) in [7, 11) is -1.77. The predicted octanol–water partition coefficient (Wildman–Crippen LogP) is 2.75. The van der Waals surface area contributed by atoms with Crippen LogP contribution in [0.25, 0.3) is 0 Å². The highest BCUT2D eigenvalue weighted by atomic mass is 28.4. The summed E-state index contributed by atoms with van der Waals surface area (Å²) in [5.74, 6) is 0.464. The third-order valence-corrected chi connectivity index (χ3v) is 10.5. The third kappa shape index (κ3) is 3.68. The molecule has 3 heterocycles. The van der Waals surface area contributed by atoms with Gasteiger partial charge in [0.2, 0.25) is 5.91 Å². The molecule has 0 radical (unpaired) electrons. The van der Waals surface area contributed by atoms with Crippen molar-refractivity contribution in [3.05, 3.63) is 11.9 Å². The lowest BCUT2D eigenvalue weighted by atomic mass is 10.1. The van der Waals surface area contributed by atoms with Crippen molar-refractivity contribution in [2.45, 2.75) is 71.4 Å². The molecule has 1 saturated heterocycles. The van der Waals surface area contributed by atoms with Gasteiger partial charge in [-0.1, -0.05) is 20.8 Å². The first-order valence-electron chi connectivity index (χ1n) is 9.31. The maximum atomic E-state index is 12.6. The Morgan fingerprint density at radius 2 is 2.08 bits per heavy atom. The van der Waals surface area contributed by atoms with E-state index in [-0.39, 0.29) is 16.9 Å². The minimum absolute atomic E-state index is 0.193. The number of fused-ring (bicyclic) bond motifs is 1. The molecular formula is C18H32N4O2Si. The van der Waals surface area contributed by atoms with Crippen molar-refractivity contribution < 1.29 is 9.22 Å². The van der Waals surface area contributed by atoms with Crippen molar-refractivity contribution in [2.24, 2.45) is 5.92 Å². The summed E-state index contributed by atoms with van der Waals surface area (Å²) in [4.78, 5) is 14.5. The molecule has 1 unspecified atom stereocenters. The zero-order valence-electron chi connectivity index (χ0n) is 16.4. The van der Waals surface area contributed by atoms with Crippen LogP contribution in [0.2, 0.25) is 18.1 Å². The van der Waals surface area contributed by atoms with Gasteiger partial charge in [-0.3, -0.25) is 9.48 Å². The van der Waals surface area contributed by atoms with Gasteiger partial charge in [-0.2, -0.15) is 5.10 Å². The molecule has 2 aliphatic rings. The predicted molar refractivity (Wildman–Crippen MR) is 102 cm³/mol. The van der Waals surface area contributed by atoms with Gasteiger partial charge < -0.3 is 14.6 Å². The van der Waals surface area contributed by atoms with Crippen molar-refractivity contribution in [2.75, 3.05) is 18.1 Å². The molecule has 25 heavy (non-hydrogen) atoms. The molecule has 1 fully saturated rings. The Morgan fingerprint density at radius 3 is 2.76 bits per heavy atom. The number of nitrogens with zero attached hydrogens (tertiary/aromatic N) is 3. The van der Waals surface area contributed by atoms with E-state index in [0.717, 1.165) is 31.0 Å². The Kier molecular flexibility index (Phi) is 4.85. The lowest BCUT2D eigenvalue weighted by Crippen LogP contribution is -2.42. The van der Waals surface area contributed by atoms with E-state index in [1.165, 1.54) is 0 Å². The van der Waals surface area contributed by atoms with Crippen molar-refractivity contribution in [1.29, 1.82) is 0 Å². The number of aromatic nitrogens is 2. The van der Waals surface area contributed by atoms with E-state index >= 15 is 0 Å². The zero-order chi connectivity index (χ0) is 18.4. The van der Waals surface area contributed by atoms with E-state index in [2.05, 4.69) is 51.2 Å². The Labute approximate surface area is 152 Å². The molecular weight excluding hydrogens is 332 g/mol. The molecule has 1 amide bonds. The first-order chi connectivity index (χ1) is 11.6. The van der Waals surface area contributed by atoms with Gasteiger partial charge in [-0.15, -0.1) is 0 Å². The van der Waals surface area contributed by atoms with Gasteiger partial charge in [0.15, 0.2) is 8.32 Å². The van der Waals surface area contributed by atoms with E-state index in [1.807, 2.05) is 15.8 Å². The highest BCUT2D eigenvalue weighted by Crippen LogP contribution is 2.37. The average Bonchev–Trinajstić information content (AvgIpc) is 3.06. The summed E-state index contributed by atoms with van der Waals surface area (Å²) in [6.07, 6.45) is 2.42. The molecule has 2 atom stereocenters. The molecule has 0 spiro atoms. The molecule has 1 aromatic heterocycles.